The van der Waals surface area contributed by atoms with Crippen molar-refractivity contribution < 1.29 is 9.25 Å². The number of furan rings is 1. The molecular formula is C14H12N2O2. The molecule has 18 heavy (non-hydrogen) atoms. The fourth-order valence-electron chi connectivity index (χ4n) is 2.16. The number of hydroxylamine groups is 1. The number of hydrogen-bond donors (Lipinski definition) is 0. The second-order valence-corrected chi connectivity index (χ2v) is 4.15. The Bertz CT molecular complexity index is 545. The molecule has 1 aliphatic heterocycles. The Morgan fingerprint density at radius 2 is 2.00 bits per heavy atom. The number of rotatable bonds is 2. The molecule has 0 spiro atoms. The molecule has 2 atom stereocenters. The number of hydrogen-bond acceptors (Lipinski definition) is 4. The molecular weight excluding hydrogens is 228 g/mol. The minimum atomic E-state index is -0.430. The quantitative estimate of drug-likeness (QED) is 0.809. The monoisotopic (exact) mass is 240 g/mol. The largest absolute Gasteiger partial charge is 0.467 e. The van der Waals surface area contributed by atoms with Gasteiger partial charge in [0.15, 0.2) is 6.10 Å². The Kier molecular flexibility index (Phi) is 2.75. The first-order chi connectivity index (χ1) is 8.88. The fraction of sp³-hybridized carbons (Fsp3) is 0.214. The van der Waals surface area contributed by atoms with E-state index in [4.69, 9.17) is 14.5 Å². The maximum atomic E-state index is 9.01. The van der Waals surface area contributed by atoms with Crippen LogP contribution in [0.25, 0.3) is 0 Å². The zero-order valence-corrected chi connectivity index (χ0v) is 9.69. The SMILES string of the molecule is N#C[C@H]1C[C@H](c2ccco2)N(c2ccccc2)O1. The molecule has 0 N–H and O–H groups in total. The Labute approximate surface area is 105 Å². The van der Waals surface area contributed by atoms with Crippen molar-refractivity contribution >= 4 is 5.69 Å². The van der Waals surface area contributed by atoms with E-state index in [0.717, 1.165) is 11.4 Å². The van der Waals surface area contributed by atoms with Crippen LogP contribution in [-0.4, -0.2) is 6.10 Å². The van der Waals surface area contributed by atoms with E-state index in [1.54, 1.807) is 11.3 Å². The molecule has 1 aromatic carbocycles. The molecule has 90 valence electrons. The summed E-state index contributed by atoms with van der Waals surface area (Å²) in [5.74, 6) is 0.816. The molecule has 2 heterocycles. The number of nitrogens with zero attached hydrogens (tertiary/aromatic N) is 2. The van der Waals surface area contributed by atoms with Gasteiger partial charge in [-0.3, -0.25) is 4.84 Å². The summed E-state index contributed by atoms with van der Waals surface area (Å²) in [6, 6.07) is 15.6. The third kappa shape index (κ3) is 1.85. The van der Waals surface area contributed by atoms with E-state index in [1.165, 1.54) is 0 Å². The molecule has 0 bridgehead atoms. The Hall–Kier alpha value is -2.25. The molecule has 1 fully saturated rings. The van der Waals surface area contributed by atoms with Crippen LogP contribution in [0.5, 0.6) is 0 Å². The van der Waals surface area contributed by atoms with E-state index >= 15 is 0 Å². The summed E-state index contributed by atoms with van der Waals surface area (Å²) in [7, 11) is 0. The Morgan fingerprint density at radius 1 is 1.17 bits per heavy atom. The summed E-state index contributed by atoms with van der Waals surface area (Å²) in [5, 5.41) is 10.8. The predicted molar refractivity (Wildman–Crippen MR) is 65.5 cm³/mol. The van der Waals surface area contributed by atoms with E-state index < -0.39 is 6.10 Å². The topological polar surface area (TPSA) is 49.4 Å². The van der Waals surface area contributed by atoms with Crippen LogP contribution in [0.4, 0.5) is 5.69 Å². The summed E-state index contributed by atoms with van der Waals surface area (Å²) in [4.78, 5) is 5.65. The van der Waals surface area contributed by atoms with Gasteiger partial charge in [-0.05, 0) is 24.3 Å². The van der Waals surface area contributed by atoms with Crippen LogP contribution in [0.15, 0.2) is 53.1 Å². The molecule has 0 unspecified atom stereocenters. The average molecular weight is 240 g/mol. The molecule has 0 amide bonds. The van der Waals surface area contributed by atoms with Crippen molar-refractivity contribution in [3.8, 4) is 6.07 Å². The van der Waals surface area contributed by atoms with Crippen LogP contribution >= 0.6 is 0 Å². The smallest absolute Gasteiger partial charge is 0.174 e. The van der Waals surface area contributed by atoms with Gasteiger partial charge in [0.2, 0.25) is 0 Å². The van der Waals surface area contributed by atoms with Crippen molar-refractivity contribution in [2.24, 2.45) is 0 Å². The minimum Gasteiger partial charge on any atom is -0.467 e. The van der Waals surface area contributed by atoms with Crippen molar-refractivity contribution in [1.82, 2.24) is 0 Å². The van der Waals surface area contributed by atoms with Crippen LogP contribution in [-0.2, 0) is 4.84 Å². The van der Waals surface area contributed by atoms with Crippen molar-refractivity contribution in [2.75, 3.05) is 5.06 Å². The van der Waals surface area contributed by atoms with Gasteiger partial charge < -0.3 is 4.42 Å². The highest BCUT2D eigenvalue weighted by molar-refractivity contribution is 5.46. The molecule has 1 aromatic heterocycles. The van der Waals surface area contributed by atoms with Gasteiger partial charge in [0.1, 0.15) is 11.8 Å². The lowest BCUT2D eigenvalue weighted by atomic mass is 10.1. The lowest BCUT2D eigenvalue weighted by Gasteiger charge is -2.22. The average Bonchev–Trinajstić information content (AvgIpc) is 3.08. The molecule has 4 nitrogen and oxygen atoms in total. The molecule has 2 aromatic rings. The van der Waals surface area contributed by atoms with E-state index in [0.29, 0.717) is 6.42 Å². The normalized spacial score (nSPS) is 22.9. The lowest BCUT2D eigenvalue weighted by molar-refractivity contribution is 0.116. The number of anilines is 1. The first-order valence-electron chi connectivity index (χ1n) is 5.82. The van der Waals surface area contributed by atoms with Gasteiger partial charge in [0.25, 0.3) is 0 Å². The van der Waals surface area contributed by atoms with Crippen LogP contribution in [0.2, 0.25) is 0 Å². The lowest BCUT2D eigenvalue weighted by Crippen LogP contribution is -2.21. The maximum Gasteiger partial charge on any atom is 0.174 e. The van der Waals surface area contributed by atoms with Crippen molar-refractivity contribution in [3.63, 3.8) is 0 Å². The summed E-state index contributed by atoms with van der Waals surface area (Å²) in [6.45, 7) is 0. The summed E-state index contributed by atoms with van der Waals surface area (Å²) < 4.78 is 5.43. The molecule has 1 saturated heterocycles. The standard InChI is InChI=1S/C14H12N2O2/c15-10-12-9-13(14-7-4-8-17-14)16(18-12)11-5-2-1-3-6-11/h1-8,12-13H,9H2/t12-,13-/m1/s1. The molecule has 0 saturated carbocycles. The van der Waals surface area contributed by atoms with E-state index in [-0.39, 0.29) is 6.04 Å². The first-order valence-corrected chi connectivity index (χ1v) is 5.82. The fourth-order valence-corrected chi connectivity index (χ4v) is 2.16. The van der Waals surface area contributed by atoms with Gasteiger partial charge in [-0.1, -0.05) is 18.2 Å². The van der Waals surface area contributed by atoms with Crippen molar-refractivity contribution in [3.05, 3.63) is 54.5 Å². The number of benzene rings is 1. The van der Waals surface area contributed by atoms with Gasteiger partial charge in [-0.25, -0.2) is 5.06 Å². The third-order valence-corrected chi connectivity index (χ3v) is 2.99. The molecule has 4 heteroatoms. The molecule has 3 rings (SSSR count). The third-order valence-electron chi connectivity index (χ3n) is 2.99. The molecule has 1 aliphatic rings. The van der Waals surface area contributed by atoms with Gasteiger partial charge in [-0.2, -0.15) is 5.26 Å². The number of para-hydroxylation sites is 1. The highest BCUT2D eigenvalue weighted by atomic mass is 16.7. The van der Waals surface area contributed by atoms with E-state index in [9.17, 15) is 0 Å². The zero-order chi connectivity index (χ0) is 12.4. The highest BCUT2D eigenvalue weighted by Gasteiger charge is 2.36. The van der Waals surface area contributed by atoms with Crippen LogP contribution in [0.1, 0.15) is 18.2 Å². The Morgan fingerprint density at radius 3 is 2.67 bits per heavy atom. The maximum absolute atomic E-state index is 9.01. The van der Waals surface area contributed by atoms with Gasteiger partial charge in [-0.15, -0.1) is 0 Å². The summed E-state index contributed by atoms with van der Waals surface area (Å²) in [6.07, 6.45) is 1.82. The van der Waals surface area contributed by atoms with Crippen LogP contribution < -0.4 is 5.06 Å². The van der Waals surface area contributed by atoms with Crippen molar-refractivity contribution in [1.29, 1.82) is 5.26 Å². The summed E-state index contributed by atoms with van der Waals surface area (Å²) >= 11 is 0. The second-order valence-electron chi connectivity index (χ2n) is 4.15. The van der Waals surface area contributed by atoms with E-state index in [1.807, 2.05) is 42.5 Å². The predicted octanol–water partition coefficient (Wildman–Crippen LogP) is 3.05. The number of nitriles is 1. The van der Waals surface area contributed by atoms with Crippen molar-refractivity contribution in [2.45, 2.75) is 18.6 Å². The minimum absolute atomic E-state index is 0.0490. The van der Waals surface area contributed by atoms with Crippen LogP contribution in [0, 0.1) is 11.3 Å². The zero-order valence-electron chi connectivity index (χ0n) is 9.69. The van der Waals surface area contributed by atoms with E-state index in [2.05, 4.69) is 6.07 Å². The highest BCUT2D eigenvalue weighted by Crippen LogP contribution is 2.37. The van der Waals surface area contributed by atoms with Crippen LogP contribution in [0.3, 0.4) is 0 Å². The Balaban J connectivity index is 1.94. The summed E-state index contributed by atoms with van der Waals surface area (Å²) in [5.41, 5.74) is 0.927. The first kappa shape index (κ1) is 10.9. The van der Waals surface area contributed by atoms with Gasteiger partial charge >= 0.3 is 0 Å². The second kappa shape index (κ2) is 4.55. The molecule has 0 radical (unpaired) electrons. The van der Waals surface area contributed by atoms with Gasteiger partial charge in [0, 0.05) is 6.42 Å². The van der Waals surface area contributed by atoms with Gasteiger partial charge in [0.05, 0.1) is 18.0 Å². The molecule has 0 aliphatic carbocycles.